The molecular formula is C18H12F3N5O2. The van der Waals surface area contributed by atoms with Gasteiger partial charge < -0.3 is 15.0 Å². The van der Waals surface area contributed by atoms with Crippen LogP contribution < -0.4 is 10.1 Å². The Morgan fingerprint density at radius 3 is 2.68 bits per heavy atom. The van der Waals surface area contributed by atoms with Crippen LogP contribution in [0.25, 0.3) is 22.4 Å². The summed E-state index contributed by atoms with van der Waals surface area (Å²) >= 11 is 0. The molecule has 3 heterocycles. The van der Waals surface area contributed by atoms with Gasteiger partial charge in [-0.1, -0.05) is 0 Å². The van der Waals surface area contributed by atoms with Crippen LogP contribution in [0.5, 0.6) is 5.75 Å². The topological polar surface area (TPSA) is 95.7 Å². The summed E-state index contributed by atoms with van der Waals surface area (Å²) in [7, 11) is 0. The Bertz CT molecular complexity index is 1130. The number of halogens is 3. The molecule has 142 valence electrons. The lowest BCUT2D eigenvalue weighted by molar-refractivity contribution is -0.274. The Hall–Kier alpha value is -3.82. The van der Waals surface area contributed by atoms with Crippen LogP contribution in [0.2, 0.25) is 0 Å². The summed E-state index contributed by atoms with van der Waals surface area (Å²) in [4.78, 5) is 19.5. The van der Waals surface area contributed by atoms with Crippen molar-refractivity contribution in [1.29, 1.82) is 0 Å². The van der Waals surface area contributed by atoms with Crippen molar-refractivity contribution in [1.82, 2.24) is 20.2 Å². The highest BCUT2D eigenvalue weighted by atomic mass is 19.4. The molecule has 3 N–H and O–H groups in total. The molecule has 0 fully saturated rings. The molecule has 4 rings (SSSR count). The van der Waals surface area contributed by atoms with E-state index in [2.05, 4.69) is 30.2 Å². The van der Waals surface area contributed by atoms with E-state index >= 15 is 0 Å². The van der Waals surface area contributed by atoms with Crippen LogP contribution in [-0.4, -0.2) is 32.4 Å². The summed E-state index contributed by atoms with van der Waals surface area (Å²) in [6.07, 6.45) is -1.61. The molecule has 10 heteroatoms. The van der Waals surface area contributed by atoms with Gasteiger partial charge in [0.1, 0.15) is 11.4 Å². The zero-order valence-electron chi connectivity index (χ0n) is 14.0. The third-order valence-corrected chi connectivity index (χ3v) is 3.88. The fourth-order valence-corrected chi connectivity index (χ4v) is 2.67. The van der Waals surface area contributed by atoms with E-state index in [1.54, 1.807) is 18.3 Å². The number of amides is 1. The fourth-order valence-electron chi connectivity index (χ4n) is 2.67. The number of aromatic amines is 2. The molecule has 3 aromatic heterocycles. The van der Waals surface area contributed by atoms with Crippen molar-refractivity contribution < 1.29 is 22.7 Å². The molecule has 0 aliphatic heterocycles. The van der Waals surface area contributed by atoms with Crippen LogP contribution in [0.1, 0.15) is 10.4 Å². The largest absolute Gasteiger partial charge is 0.573 e. The zero-order valence-corrected chi connectivity index (χ0v) is 14.0. The van der Waals surface area contributed by atoms with E-state index in [1.165, 1.54) is 18.3 Å². The normalized spacial score (nSPS) is 11.5. The molecule has 0 atom stereocenters. The standard InChI is InChI=1S/C18H12F3N5O2/c19-18(20,21)28-12-5-3-11(4-6-12)24-17(27)10-8-14(23-9-10)15-13-2-1-7-22-16(13)26-25-15/h1-9,23H,(H,24,27)(H,22,25,26). The molecule has 0 aliphatic rings. The molecule has 1 amide bonds. The van der Waals surface area contributed by atoms with Gasteiger partial charge in [-0.2, -0.15) is 5.10 Å². The average molecular weight is 387 g/mol. The molecule has 0 bridgehead atoms. The summed E-state index contributed by atoms with van der Waals surface area (Å²) in [6, 6.07) is 10.1. The maximum Gasteiger partial charge on any atom is 0.573 e. The van der Waals surface area contributed by atoms with Gasteiger partial charge in [0.05, 0.1) is 11.3 Å². The molecule has 0 saturated carbocycles. The lowest BCUT2D eigenvalue weighted by atomic mass is 10.2. The van der Waals surface area contributed by atoms with Gasteiger partial charge in [-0.15, -0.1) is 13.2 Å². The van der Waals surface area contributed by atoms with Crippen molar-refractivity contribution in [3.05, 3.63) is 60.4 Å². The van der Waals surface area contributed by atoms with Gasteiger partial charge in [0.25, 0.3) is 5.91 Å². The maximum atomic E-state index is 12.4. The number of nitrogens with one attached hydrogen (secondary N) is 3. The first-order valence-electron chi connectivity index (χ1n) is 8.04. The Morgan fingerprint density at radius 1 is 1.14 bits per heavy atom. The number of alkyl halides is 3. The quantitative estimate of drug-likeness (QED) is 0.491. The number of hydrogen-bond acceptors (Lipinski definition) is 4. The van der Waals surface area contributed by atoms with Crippen LogP contribution >= 0.6 is 0 Å². The minimum Gasteiger partial charge on any atom is -0.406 e. The summed E-state index contributed by atoms with van der Waals surface area (Å²) in [5.41, 5.74) is 2.54. The number of anilines is 1. The first kappa shape index (κ1) is 17.6. The van der Waals surface area contributed by atoms with Crippen molar-refractivity contribution >= 4 is 22.6 Å². The third kappa shape index (κ3) is 3.65. The molecule has 0 spiro atoms. The highest BCUT2D eigenvalue weighted by Gasteiger charge is 2.31. The number of nitrogens with zero attached hydrogens (tertiary/aromatic N) is 2. The van der Waals surface area contributed by atoms with Crippen molar-refractivity contribution in [2.75, 3.05) is 5.32 Å². The van der Waals surface area contributed by atoms with Crippen molar-refractivity contribution in [3.8, 4) is 17.1 Å². The van der Waals surface area contributed by atoms with Gasteiger partial charge in [-0.25, -0.2) is 4.98 Å². The highest BCUT2D eigenvalue weighted by Crippen LogP contribution is 2.26. The molecular weight excluding hydrogens is 375 g/mol. The van der Waals surface area contributed by atoms with Gasteiger partial charge >= 0.3 is 6.36 Å². The number of pyridine rings is 1. The second-order valence-electron chi connectivity index (χ2n) is 5.80. The van der Waals surface area contributed by atoms with Gasteiger partial charge in [0.15, 0.2) is 5.65 Å². The smallest absolute Gasteiger partial charge is 0.406 e. The van der Waals surface area contributed by atoms with Gasteiger partial charge in [-0.3, -0.25) is 9.89 Å². The van der Waals surface area contributed by atoms with Crippen molar-refractivity contribution in [2.45, 2.75) is 6.36 Å². The van der Waals surface area contributed by atoms with Gasteiger partial charge in [0.2, 0.25) is 0 Å². The monoisotopic (exact) mass is 387 g/mol. The van der Waals surface area contributed by atoms with Gasteiger partial charge in [0, 0.05) is 23.5 Å². The molecule has 28 heavy (non-hydrogen) atoms. The predicted octanol–water partition coefficient (Wildman–Crippen LogP) is 4.10. The van der Waals surface area contributed by atoms with E-state index in [4.69, 9.17) is 0 Å². The highest BCUT2D eigenvalue weighted by molar-refractivity contribution is 6.05. The van der Waals surface area contributed by atoms with E-state index in [0.717, 1.165) is 17.5 Å². The Labute approximate surface area is 155 Å². The lowest BCUT2D eigenvalue weighted by Crippen LogP contribution is -2.17. The fraction of sp³-hybridized carbons (Fsp3) is 0.0556. The minimum absolute atomic E-state index is 0.330. The zero-order chi connectivity index (χ0) is 19.7. The first-order valence-corrected chi connectivity index (χ1v) is 8.04. The number of benzene rings is 1. The lowest BCUT2D eigenvalue weighted by Gasteiger charge is -2.09. The van der Waals surface area contributed by atoms with E-state index in [1.807, 2.05) is 6.07 Å². The second-order valence-corrected chi connectivity index (χ2v) is 5.80. The summed E-state index contributed by atoms with van der Waals surface area (Å²) in [5.74, 6) is -0.793. The Kier molecular flexibility index (Phi) is 4.22. The van der Waals surface area contributed by atoms with E-state index in [-0.39, 0.29) is 5.75 Å². The summed E-state index contributed by atoms with van der Waals surface area (Å²) in [6.45, 7) is 0. The number of ether oxygens (including phenoxy) is 1. The molecule has 0 saturated heterocycles. The molecule has 0 unspecified atom stereocenters. The third-order valence-electron chi connectivity index (χ3n) is 3.88. The number of H-pyrrole nitrogens is 2. The number of rotatable bonds is 4. The van der Waals surface area contributed by atoms with Crippen LogP contribution in [-0.2, 0) is 0 Å². The SMILES string of the molecule is O=C(Nc1ccc(OC(F)(F)F)cc1)c1c[nH]c(-c2n[nH]c3ncccc23)c1. The average Bonchev–Trinajstić information content (AvgIpc) is 3.28. The van der Waals surface area contributed by atoms with Gasteiger partial charge in [-0.05, 0) is 42.5 Å². The number of hydrogen-bond donors (Lipinski definition) is 3. The molecule has 4 aromatic rings. The molecule has 0 radical (unpaired) electrons. The van der Waals surface area contributed by atoms with E-state index in [9.17, 15) is 18.0 Å². The predicted molar refractivity (Wildman–Crippen MR) is 94.8 cm³/mol. The van der Waals surface area contributed by atoms with Crippen molar-refractivity contribution in [2.24, 2.45) is 0 Å². The van der Waals surface area contributed by atoms with Crippen LogP contribution in [0.3, 0.4) is 0 Å². The first-order chi connectivity index (χ1) is 13.4. The summed E-state index contributed by atoms with van der Waals surface area (Å²) < 4.78 is 40.3. The number of carbonyl (C=O) groups excluding carboxylic acids is 1. The Balaban J connectivity index is 1.49. The molecule has 7 nitrogen and oxygen atoms in total. The minimum atomic E-state index is -4.77. The van der Waals surface area contributed by atoms with Crippen LogP contribution in [0.15, 0.2) is 54.9 Å². The number of aromatic nitrogens is 4. The maximum absolute atomic E-state index is 12.4. The Morgan fingerprint density at radius 2 is 1.93 bits per heavy atom. The van der Waals surface area contributed by atoms with Crippen molar-refractivity contribution in [3.63, 3.8) is 0 Å². The van der Waals surface area contributed by atoms with E-state index < -0.39 is 12.3 Å². The second kappa shape index (κ2) is 6.72. The van der Waals surface area contributed by atoms with Crippen LogP contribution in [0, 0.1) is 0 Å². The van der Waals surface area contributed by atoms with Crippen LogP contribution in [0.4, 0.5) is 18.9 Å². The number of fused-ring (bicyclic) bond motifs is 1. The summed E-state index contributed by atoms with van der Waals surface area (Å²) in [5, 5.41) is 10.4. The number of carbonyl (C=O) groups is 1. The molecule has 0 aliphatic carbocycles. The molecule has 1 aromatic carbocycles. The van der Waals surface area contributed by atoms with E-state index in [0.29, 0.717) is 28.3 Å².